The number of carbonyl (C=O) groups is 1. The molecule has 0 amide bonds. The summed E-state index contributed by atoms with van der Waals surface area (Å²) < 4.78 is 10.5. The van der Waals surface area contributed by atoms with Crippen molar-refractivity contribution >= 4 is 5.78 Å². The van der Waals surface area contributed by atoms with E-state index in [9.17, 15) is 4.79 Å². The van der Waals surface area contributed by atoms with Crippen LogP contribution in [-0.2, 0) is 0 Å². The summed E-state index contributed by atoms with van der Waals surface area (Å²) in [5, 5.41) is 0. The Labute approximate surface area is 95.7 Å². The average molecular weight is 220 g/mol. The number of carbonyl (C=O) groups excluding carboxylic acids is 1. The maximum atomic E-state index is 11.7. The fourth-order valence-corrected chi connectivity index (χ4v) is 1.32. The van der Waals surface area contributed by atoms with Crippen LogP contribution in [0.15, 0.2) is 30.9 Å². The van der Waals surface area contributed by atoms with Crippen molar-refractivity contribution in [2.24, 2.45) is 0 Å². The van der Waals surface area contributed by atoms with Crippen LogP contribution in [0.25, 0.3) is 0 Å². The number of benzene rings is 1. The number of rotatable bonds is 6. The third-order valence-corrected chi connectivity index (χ3v) is 2.16. The van der Waals surface area contributed by atoms with Gasteiger partial charge in [-0.05, 0) is 18.2 Å². The molecular formula is C13H16O3. The van der Waals surface area contributed by atoms with Crippen molar-refractivity contribution in [2.75, 3.05) is 13.7 Å². The number of hydrogen-bond acceptors (Lipinski definition) is 3. The van der Waals surface area contributed by atoms with Crippen molar-refractivity contribution in [2.45, 2.75) is 13.3 Å². The zero-order chi connectivity index (χ0) is 12.0. The fraction of sp³-hybridized carbons (Fsp3) is 0.308. The van der Waals surface area contributed by atoms with Crippen molar-refractivity contribution in [3.05, 3.63) is 36.4 Å². The second kappa shape index (κ2) is 5.95. The molecule has 3 nitrogen and oxygen atoms in total. The van der Waals surface area contributed by atoms with E-state index in [0.29, 0.717) is 30.1 Å². The second-order valence-electron chi connectivity index (χ2n) is 3.24. The maximum Gasteiger partial charge on any atom is 0.166 e. The third-order valence-electron chi connectivity index (χ3n) is 2.16. The van der Waals surface area contributed by atoms with Crippen LogP contribution in [0.3, 0.4) is 0 Å². The predicted octanol–water partition coefficient (Wildman–Crippen LogP) is 2.85. The number of Topliss-reactive ketones (excluding diaryl/α,β-unsaturated/α-hetero) is 1. The van der Waals surface area contributed by atoms with Crippen LogP contribution < -0.4 is 9.47 Å². The van der Waals surface area contributed by atoms with Crippen LogP contribution in [0.5, 0.6) is 11.5 Å². The molecule has 0 atom stereocenters. The van der Waals surface area contributed by atoms with E-state index in [0.717, 1.165) is 0 Å². The minimum atomic E-state index is 0.0398. The molecular weight excluding hydrogens is 204 g/mol. The molecule has 0 spiro atoms. The molecule has 0 unspecified atom stereocenters. The Bertz CT molecular complexity index is 383. The van der Waals surface area contributed by atoms with Gasteiger partial charge < -0.3 is 9.47 Å². The summed E-state index contributed by atoms with van der Waals surface area (Å²) >= 11 is 0. The monoisotopic (exact) mass is 220 g/mol. The van der Waals surface area contributed by atoms with Crippen LogP contribution in [0.2, 0.25) is 0 Å². The summed E-state index contributed by atoms with van der Waals surface area (Å²) in [5.41, 5.74) is 0.559. The highest BCUT2D eigenvalue weighted by Crippen LogP contribution is 2.25. The lowest BCUT2D eigenvalue weighted by Gasteiger charge is -2.10. The first-order valence-corrected chi connectivity index (χ1v) is 5.17. The van der Waals surface area contributed by atoms with Crippen LogP contribution in [0.1, 0.15) is 23.7 Å². The van der Waals surface area contributed by atoms with Gasteiger partial charge in [-0.25, -0.2) is 0 Å². The van der Waals surface area contributed by atoms with Gasteiger partial charge in [0.15, 0.2) is 5.78 Å². The fourth-order valence-electron chi connectivity index (χ4n) is 1.32. The van der Waals surface area contributed by atoms with Gasteiger partial charge >= 0.3 is 0 Å². The van der Waals surface area contributed by atoms with Gasteiger partial charge in [-0.15, -0.1) is 0 Å². The lowest BCUT2D eigenvalue weighted by atomic mass is 10.1. The summed E-state index contributed by atoms with van der Waals surface area (Å²) in [7, 11) is 1.57. The molecule has 0 fully saturated rings. The molecule has 0 aliphatic heterocycles. The number of methoxy groups -OCH3 is 1. The first-order valence-electron chi connectivity index (χ1n) is 5.17. The Morgan fingerprint density at radius 3 is 2.81 bits per heavy atom. The molecule has 0 N–H and O–H groups in total. The molecule has 1 aromatic rings. The molecule has 86 valence electrons. The molecule has 1 aromatic carbocycles. The van der Waals surface area contributed by atoms with Gasteiger partial charge in [0.05, 0.1) is 12.7 Å². The van der Waals surface area contributed by atoms with Crippen molar-refractivity contribution in [1.29, 1.82) is 0 Å². The van der Waals surface area contributed by atoms with Crippen LogP contribution >= 0.6 is 0 Å². The molecule has 0 radical (unpaired) electrons. The minimum absolute atomic E-state index is 0.0398. The van der Waals surface area contributed by atoms with Gasteiger partial charge in [0.1, 0.15) is 18.1 Å². The smallest absolute Gasteiger partial charge is 0.166 e. The van der Waals surface area contributed by atoms with Crippen molar-refractivity contribution in [3.8, 4) is 11.5 Å². The molecule has 1 rings (SSSR count). The van der Waals surface area contributed by atoms with E-state index in [1.807, 2.05) is 6.92 Å². The van der Waals surface area contributed by atoms with Crippen LogP contribution in [-0.4, -0.2) is 19.5 Å². The summed E-state index contributed by atoms with van der Waals surface area (Å²) in [5.74, 6) is 1.27. The van der Waals surface area contributed by atoms with E-state index >= 15 is 0 Å². The number of hydrogen-bond donors (Lipinski definition) is 0. The normalized spacial score (nSPS) is 9.62. The Hall–Kier alpha value is -1.77. The summed E-state index contributed by atoms with van der Waals surface area (Å²) in [6, 6.07) is 5.21. The van der Waals surface area contributed by atoms with E-state index in [1.54, 1.807) is 31.4 Å². The molecule has 0 aromatic heterocycles. The SMILES string of the molecule is C=CCOc1ccc(OC)cc1C(=O)CC. The quantitative estimate of drug-likeness (QED) is 0.546. The van der Waals surface area contributed by atoms with Crippen LogP contribution in [0.4, 0.5) is 0 Å². The van der Waals surface area contributed by atoms with Crippen molar-refractivity contribution in [1.82, 2.24) is 0 Å². The molecule has 16 heavy (non-hydrogen) atoms. The largest absolute Gasteiger partial charge is 0.497 e. The van der Waals surface area contributed by atoms with E-state index < -0.39 is 0 Å². The van der Waals surface area contributed by atoms with Crippen molar-refractivity contribution in [3.63, 3.8) is 0 Å². The molecule has 3 heteroatoms. The lowest BCUT2D eigenvalue weighted by Crippen LogP contribution is -2.03. The van der Waals surface area contributed by atoms with E-state index in [1.165, 1.54) is 0 Å². The molecule has 0 aliphatic carbocycles. The van der Waals surface area contributed by atoms with Gasteiger partial charge in [0, 0.05) is 6.42 Å². The Balaban J connectivity index is 3.05. The Morgan fingerprint density at radius 2 is 2.25 bits per heavy atom. The van der Waals surface area contributed by atoms with Crippen LogP contribution in [0, 0.1) is 0 Å². The maximum absolute atomic E-state index is 11.7. The summed E-state index contributed by atoms with van der Waals surface area (Å²) in [6.45, 7) is 5.77. The standard InChI is InChI=1S/C13H16O3/c1-4-8-16-13-7-6-10(15-3)9-11(13)12(14)5-2/h4,6-7,9H,1,5,8H2,2-3H3. The van der Waals surface area contributed by atoms with Gasteiger partial charge in [-0.1, -0.05) is 19.6 Å². The summed E-state index contributed by atoms with van der Waals surface area (Å²) in [6.07, 6.45) is 2.09. The third kappa shape index (κ3) is 2.86. The number of ketones is 1. The zero-order valence-corrected chi connectivity index (χ0v) is 9.66. The van der Waals surface area contributed by atoms with Gasteiger partial charge in [0.2, 0.25) is 0 Å². The first kappa shape index (κ1) is 12.3. The predicted molar refractivity (Wildman–Crippen MR) is 63.3 cm³/mol. The zero-order valence-electron chi connectivity index (χ0n) is 9.66. The highest BCUT2D eigenvalue weighted by molar-refractivity contribution is 5.98. The average Bonchev–Trinajstić information content (AvgIpc) is 2.35. The molecule has 0 saturated carbocycles. The highest BCUT2D eigenvalue weighted by Gasteiger charge is 2.11. The Morgan fingerprint density at radius 1 is 1.50 bits per heavy atom. The highest BCUT2D eigenvalue weighted by atomic mass is 16.5. The van der Waals surface area contributed by atoms with Gasteiger partial charge in [-0.3, -0.25) is 4.79 Å². The van der Waals surface area contributed by atoms with E-state index in [2.05, 4.69) is 6.58 Å². The second-order valence-corrected chi connectivity index (χ2v) is 3.24. The Kier molecular flexibility index (Phi) is 4.58. The van der Waals surface area contributed by atoms with Crippen molar-refractivity contribution < 1.29 is 14.3 Å². The topological polar surface area (TPSA) is 35.5 Å². The molecule has 0 heterocycles. The van der Waals surface area contributed by atoms with Gasteiger partial charge in [-0.2, -0.15) is 0 Å². The van der Waals surface area contributed by atoms with Gasteiger partial charge in [0.25, 0.3) is 0 Å². The minimum Gasteiger partial charge on any atom is -0.497 e. The lowest BCUT2D eigenvalue weighted by molar-refractivity contribution is 0.0984. The first-order chi connectivity index (χ1) is 7.72. The van der Waals surface area contributed by atoms with E-state index in [4.69, 9.17) is 9.47 Å². The molecule has 0 bridgehead atoms. The van der Waals surface area contributed by atoms with E-state index in [-0.39, 0.29) is 5.78 Å². The number of ether oxygens (including phenoxy) is 2. The molecule has 0 saturated heterocycles. The molecule has 0 aliphatic rings. The summed E-state index contributed by atoms with van der Waals surface area (Å²) in [4.78, 5) is 11.7.